The van der Waals surface area contributed by atoms with Crippen LogP contribution in [0.25, 0.3) is 0 Å². The van der Waals surface area contributed by atoms with E-state index in [-0.39, 0.29) is 11.3 Å². The van der Waals surface area contributed by atoms with Gasteiger partial charge in [0.05, 0.1) is 7.11 Å². The largest absolute Gasteiger partial charge is 0.496 e. The molecular formula is C11H11BrClF3O. The third kappa shape index (κ3) is 2.71. The highest BCUT2D eigenvalue weighted by molar-refractivity contribution is 9.10. The molecule has 0 spiro atoms. The molecule has 0 aromatic heterocycles. The first-order chi connectivity index (χ1) is 7.61. The highest BCUT2D eigenvalue weighted by atomic mass is 79.9. The zero-order valence-corrected chi connectivity index (χ0v) is 11.8. The van der Waals surface area contributed by atoms with Gasteiger partial charge in [-0.05, 0) is 31.5 Å². The molecule has 0 fully saturated rings. The number of alkyl halides is 4. The van der Waals surface area contributed by atoms with Crippen molar-refractivity contribution < 1.29 is 17.9 Å². The van der Waals surface area contributed by atoms with Gasteiger partial charge in [0, 0.05) is 10.0 Å². The van der Waals surface area contributed by atoms with Crippen LogP contribution in [0, 0.1) is 6.92 Å². The third-order valence-electron chi connectivity index (χ3n) is 2.52. The molecule has 1 aromatic carbocycles. The monoisotopic (exact) mass is 330 g/mol. The van der Waals surface area contributed by atoms with Gasteiger partial charge in [0.25, 0.3) is 0 Å². The number of halogens is 5. The van der Waals surface area contributed by atoms with Gasteiger partial charge in [-0.3, -0.25) is 0 Å². The van der Waals surface area contributed by atoms with Crippen LogP contribution in [0.4, 0.5) is 13.2 Å². The van der Waals surface area contributed by atoms with Crippen molar-refractivity contribution in [3.8, 4) is 5.75 Å². The average Bonchev–Trinajstić information content (AvgIpc) is 2.19. The summed E-state index contributed by atoms with van der Waals surface area (Å²) in [4.78, 5) is -2.47. The molecule has 0 saturated carbocycles. The summed E-state index contributed by atoms with van der Waals surface area (Å²) < 4.78 is 44.2. The Morgan fingerprint density at radius 1 is 1.29 bits per heavy atom. The van der Waals surface area contributed by atoms with E-state index in [1.807, 2.05) is 0 Å². The summed E-state index contributed by atoms with van der Waals surface area (Å²) in [6.45, 7) is 2.61. The molecule has 0 amide bonds. The van der Waals surface area contributed by atoms with Crippen LogP contribution < -0.4 is 4.74 Å². The molecule has 0 aliphatic carbocycles. The van der Waals surface area contributed by atoms with Crippen LogP contribution in [0.2, 0.25) is 0 Å². The summed E-state index contributed by atoms with van der Waals surface area (Å²) in [7, 11) is 1.31. The van der Waals surface area contributed by atoms with Gasteiger partial charge in [-0.15, -0.1) is 11.6 Å². The molecule has 96 valence electrons. The molecule has 0 bridgehead atoms. The van der Waals surface area contributed by atoms with E-state index in [1.165, 1.54) is 19.2 Å². The lowest BCUT2D eigenvalue weighted by atomic mass is 9.96. The van der Waals surface area contributed by atoms with E-state index in [0.717, 1.165) is 6.92 Å². The molecule has 1 aromatic rings. The maximum Gasteiger partial charge on any atom is 0.411 e. The summed E-state index contributed by atoms with van der Waals surface area (Å²) in [6.07, 6.45) is -4.55. The zero-order chi connectivity index (χ0) is 13.4. The van der Waals surface area contributed by atoms with E-state index in [1.54, 1.807) is 6.92 Å². The summed E-state index contributed by atoms with van der Waals surface area (Å²) in [5, 5.41) is 0. The molecule has 0 aliphatic rings. The van der Waals surface area contributed by atoms with Crippen LogP contribution in [0.15, 0.2) is 16.6 Å². The minimum atomic E-state index is -4.55. The first-order valence-electron chi connectivity index (χ1n) is 4.71. The van der Waals surface area contributed by atoms with Gasteiger partial charge < -0.3 is 4.74 Å². The lowest BCUT2D eigenvalue weighted by Gasteiger charge is -2.27. The van der Waals surface area contributed by atoms with Crippen LogP contribution in [0.3, 0.4) is 0 Å². The maximum atomic E-state index is 12.9. The SMILES string of the molecule is COc1cc(Br)c(C)cc1C(C)(Cl)C(F)(F)F. The number of rotatable bonds is 2. The Morgan fingerprint density at radius 3 is 2.24 bits per heavy atom. The Labute approximate surface area is 111 Å². The van der Waals surface area contributed by atoms with Crippen molar-refractivity contribution in [2.45, 2.75) is 24.9 Å². The smallest absolute Gasteiger partial charge is 0.411 e. The number of benzene rings is 1. The lowest BCUT2D eigenvalue weighted by molar-refractivity contribution is -0.160. The van der Waals surface area contributed by atoms with Crippen LogP contribution >= 0.6 is 27.5 Å². The van der Waals surface area contributed by atoms with E-state index >= 15 is 0 Å². The minimum absolute atomic E-state index is 0.0881. The van der Waals surface area contributed by atoms with Crippen molar-refractivity contribution in [3.63, 3.8) is 0 Å². The maximum absolute atomic E-state index is 12.9. The van der Waals surface area contributed by atoms with Crippen LogP contribution in [0.1, 0.15) is 18.1 Å². The summed E-state index contributed by atoms with van der Waals surface area (Å²) in [5.41, 5.74) is 0.576. The molecular weight excluding hydrogens is 320 g/mol. The predicted octanol–water partition coefficient (Wildman–Crippen LogP) is 4.78. The van der Waals surface area contributed by atoms with E-state index < -0.39 is 11.1 Å². The summed E-state index contributed by atoms with van der Waals surface area (Å²) in [6, 6.07) is 2.86. The van der Waals surface area contributed by atoms with Gasteiger partial charge in [-0.25, -0.2) is 0 Å². The van der Waals surface area contributed by atoms with Crippen molar-refractivity contribution in [3.05, 3.63) is 27.7 Å². The lowest BCUT2D eigenvalue weighted by Crippen LogP contribution is -2.34. The highest BCUT2D eigenvalue weighted by Crippen LogP contribution is 2.48. The Kier molecular flexibility index (Phi) is 4.04. The zero-order valence-electron chi connectivity index (χ0n) is 9.45. The number of ether oxygens (including phenoxy) is 1. The third-order valence-corrected chi connectivity index (χ3v) is 3.79. The van der Waals surface area contributed by atoms with Gasteiger partial charge in [-0.2, -0.15) is 13.2 Å². The van der Waals surface area contributed by atoms with Crippen molar-refractivity contribution in [2.24, 2.45) is 0 Å². The Morgan fingerprint density at radius 2 is 1.82 bits per heavy atom. The van der Waals surface area contributed by atoms with Gasteiger partial charge in [-0.1, -0.05) is 15.9 Å². The van der Waals surface area contributed by atoms with E-state index in [2.05, 4.69) is 15.9 Å². The molecule has 0 saturated heterocycles. The van der Waals surface area contributed by atoms with E-state index in [0.29, 0.717) is 10.0 Å². The Bertz CT molecular complexity index is 429. The van der Waals surface area contributed by atoms with Crippen molar-refractivity contribution in [1.82, 2.24) is 0 Å². The standard InChI is InChI=1S/C11H11BrClF3O/c1-6-4-7(9(17-3)5-8(6)12)10(2,13)11(14,15)16/h4-5H,1-3H3. The quantitative estimate of drug-likeness (QED) is 0.709. The first-order valence-corrected chi connectivity index (χ1v) is 5.88. The Hall–Kier alpha value is -0.420. The first kappa shape index (κ1) is 14.6. The van der Waals surface area contributed by atoms with Gasteiger partial charge in [0.2, 0.25) is 0 Å². The number of hydrogen-bond acceptors (Lipinski definition) is 1. The van der Waals surface area contributed by atoms with Crippen molar-refractivity contribution in [2.75, 3.05) is 7.11 Å². The molecule has 0 N–H and O–H groups in total. The fraction of sp³-hybridized carbons (Fsp3) is 0.455. The van der Waals surface area contributed by atoms with Crippen LogP contribution in [0.5, 0.6) is 5.75 Å². The Balaban J connectivity index is 3.45. The minimum Gasteiger partial charge on any atom is -0.496 e. The molecule has 1 nitrogen and oxygen atoms in total. The fourth-order valence-electron chi connectivity index (χ4n) is 1.35. The van der Waals surface area contributed by atoms with Gasteiger partial charge in [0.15, 0.2) is 4.87 Å². The number of aryl methyl sites for hydroxylation is 1. The molecule has 0 aliphatic heterocycles. The molecule has 17 heavy (non-hydrogen) atoms. The molecule has 1 atom stereocenters. The second kappa shape index (κ2) is 4.69. The number of hydrogen-bond donors (Lipinski definition) is 0. The van der Waals surface area contributed by atoms with Gasteiger partial charge >= 0.3 is 6.18 Å². The molecule has 0 radical (unpaired) electrons. The topological polar surface area (TPSA) is 9.23 Å². The summed E-state index contributed by atoms with van der Waals surface area (Å²) in [5.74, 6) is 0.109. The van der Waals surface area contributed by atoms with Crippen molar-refractivity contribution >= 4 is 27.5 Å². The van der Waals surface area contributed by atoms with E-state index in [4.69, 9.17) is 16.3 Å². The highest BCUT2D eigenvalue weighted by Gasteiger charge is 2.52. The van der Waals surface area contributed by atoms with Crippen LogP contribution in [-0.4, -0.2) is 13.3 Å². The predicted molar refractivity (Wildman–Crippen MR) is 64.7 cm³/mol. The number of methoxy groups -OCH3 is 1. The van der Waals surface area contributed by atoms with E-state index in [9.17, 15) is 13.2 Å². The van der Waals surface area contributed by atoms with Gasteiger partial charge in [0.1, 0.15) is 5.75 Å². The van der Waals surface area contributed by atoms with Crippen LogP contribution in [-0.2, 0) is 4.87 Å². The normalized spacial score (nSPS) is 15.5. The average molecular weight is 332 g/mol. The second-order valence-corrected chi connectivity index (χ2v) is 5.41. The fourth-order valence-corrected chi connectivity index (χ4v) is 1.82. The molecule has 1 unspecified atom stereocenters. The molecule has 1 rings (SSSR count). The molecule has 0 heterocycles. The van der Waals surface area contributed by atoms with Crippen molar-refractivity contribution in [1.29, 1.82) is 0 Å². The summed E-state index contributed by atoms with van der Waals surface area (Å²) >= 11 is 8.86. The molecule has 6 heteroatoms. The second-order valence-electron chi connectivity index (χ2n) is 3.80.